The van der Waals surface area contributed by atoms with Crippen LogP contribution >= 0.6 is 11.3 Å². The molecule has 0 aliphatic carbocycles. The van der Waals surface area contributed by atoms with Crippen molar-refractivity contribution in [1.82, 2.24) is 4.90 Å². The van der Waals surface area contributed by atoms with E-state index in [-0.39, 0.29) is 16.3 Å². The molecule has 94 valence electrons. The maximum atomic E-state index is 12.1. The molecule has 1 aromatic heterocycles. The van der Waals surface area contributed by atoms with Crippen LogP contribution in [0, 0.1) is 0 Å². The first-order valence-corrected chi connectivity index (χ1v) is 6.22. The Balaban J connectivity index is 2.93. The average molecular weight is 255 g/mol. The quantitative estimate of drug-likeness (QED) is 0.900. The molecule has 5 heteroatoms. The van der Waals surface area contributed by atoms with Crippen molar-refractivity contribution in [1.29, 1.82) is 0 Å². The van der Waals surface area contributed by atoms with E-state index in [9.17, 15) is 9.59 Å². The molecule has 4 nitrogen and oxygen atoms in total. The van der Waals surface area contributed by atoms with Gasteiger partial charge in [-0.25, -0.2) is 4.79 Å². The lowest BCUT2D eigenvalue weighted by molar-refractivity contribution is 0.0624. The van der Waals surface area contributed by atoms with Gasteiger partial charge >= 0.3 is 5.97 Å². The van der Waals surface area contributed by atoms with Crippen LogP contribution < -0.4 is 0 Å². The zero-order valence-electron chi connectivity index (χ0n) is 10.5. The van der Waals surface area contributed by atoms with E-state index in [1.165, 1.54) is 6.07 Å². The molecule has 0 fully saturated rings. The van der Waals surface area contributed by atoms with Gasteiger partial charge in [-0.1, -0.05) is 6.92 Å². The molecule has 0 unspecified atom stereocenters. The first kappa shape index (κ1) is 13.7. The minimum absolute atomic E-state index is 0.130. The van der Waals surface area contributed by atoms with Crippen LogP contribution in [-0.2, 0) is 0 Å². The van der Waals surface area contributed by atoms with Crippen LogP contribution in [0.4, 0.5) is 0 Å². The molecular weight excluding hydrogens is 238 g/mol. The minimum Gasteiger partial charge on any atom is -0.477 e. The van der Waals surface area contributed by atoms with Crippen molar-refractivity contribution in [2.75, 3.05) is 7.05 Å². The fourth-order valence-electron chi connectivity index (χ4n) is 1.25. The SMILES string of the molecule is CCC(C)(C)N(C)C(=O)c1ccc(C(=O)O)s1. The lowest BCUT2D eigenvalue weighted by atomic mass is 10.00. The van der Waals surface area contributed by atoms with Crippen molar-refractivity contribution in [3.63, 3.8) is 0 Å². The Morgan fingerprint density at radius 3 is 2.29 bits per heavy atom. The Labute approximate surface area is 105 Å². The monoisotopic (exact) mass is 255 g/mol. The Bertz CT molecular complexity index is 437. The maximum absolute atomic E-state index is 12.1. The minimum atomic E-state index is -0.994. The molecule has 1 rings (SSSR count). The average Bonchev–Trinajstić information content (AvgIpc) is 2.76. The molecule has 1 heterocycles. The highest BCUT2D eigenvalue weighted by Gasteiger charge is 2.27. The Morgan fingerprint density at radius 1 is 1.35 bits per heavy atom. The van der Waals surface area contributed by atoms with Crippen molar-refractivity contribution in [2.24, 2.45) is 0 Å². The Morgan fingerprint density at radius 2 is 1.88 bits per heavy atom. The predicted molar refractivity (Wildman–Crippen MR) is 67.7 cm³/mol. The van der Waals surface area contributed by atoms with Gasteiger partial charge in [-0.3, -0.25) is 4.79 Å². The third-order valence-electron chi connectivity index (χ3n) is 3.11. The Hall–Kier alpha value is -1.36. The number of hydrogen-bond donors (Lipinski definition) is 1. The molecule has 1 N–H and O–H groups in total. The number of thiophene rings is 1. The van der Waals surface area contributed by atoms with Crippen LogP contribution in [-0.4, -0.2) is 34.5 Å². The third kappa shape index (κ3) is 2.85. The summed E-state index contributed by atoms with van der Waals surface area (Å²) in [6, 6.07) is 3.03. The van der Waals surface area contributed by atoms with Crippen molar-refractivity contribution in [3.8, 4) is 0 Å². The van der Waals surface area contributed by atoms with E-state index in [1.807, 2.05) is 20.8 Å². The van der Waals surface area contributed by atoms with Gasteiger partial charge in [0.15, 0.2) is 0 Å². The van der Waals surface area contributed by atoms with E-state index < -0.39 is 5.97 Å². The number of nitrogens with zero attached hydrogens (tertiary/aromatic N) is 1. The van der Waals surface area contributed by atoms with Crippen LogP contribution in [0.2, 0.25) is 0 Å². The summed E-state index contributed by atoms with van der Waals surface area (Å²) in [4.78, 5) is 25.2. The van der Waals surface area contributed by atoms with E-state index in [0.717, 1.165) is 17.8 Å². The van der Waals surface area contributed by atoms with Gasteiger partial charge in [-0.2, -0.15) is 0 Å². The van der Waals surface area contributed by atoms with E-state index in [2.05, 4.69) is 0 Å². The summed E-state index contributed by atoms with van der Waals surface area (Å²) in [6.07, 6.45) is 0.840. The predicted octanol–water partition coefficient (Wildman–Crippen LogP) is 2.71. The first-order valence-electron chi connectivity index (χ1n) is 5.41. The van der Waals surface area contributed by atoms with Gasteiger partial charge in [0.2, 0.25) is 0 Å². The molecule has 0 spiro atoms. The molecular formula is C12H17NO3S. The molecule has 0 bridgehead atoms. The highest BCUT2D eigenvalue weighted by atomic mass is 32.1. The van der Waals surface area contributed by atoms with E-state index >= 15 is 0 Å². The molecule has 0 atom stereocenters. The standard InChI is InChI=1S/C12H17NO3S/c1-5-12(2,3)13(4)10(14)8-6-7-9(17-8)11(15)16/h6-7H,5H2,1-4H3,(H,15,16). The number of hydrogen-bond acceptors (Lipinski definition) is 3. The summed E-state index contributed by atoms with van der Waals surface area (Å²) in [5.74, 6) is -1.12. The molecule has 0 aliphatic heterocycles. The highest BCUT2D eigenvalue weighted by Crippen LogP contribution is 2.23. The normalized spacial score (nSPS) is 11.3. The zero-order valence-corrected chi connectivity index (χ0v) is 11.3. The van der Waals surface area contributed by atoms with Crippen LogP contribution in [0.25, 0.3) is 0 Å². The number of amides is 1. The zero-order chi connectivity index (χ0) is 13.2. The topological polar surface area (TPSA) is 57.6 Å². The van der Waals surface area contributed by atoms with Gasteiger partial charge in [-0.05, 0) is 32.4 Å². The third-order valence-corrected chi connectivity index (χ3v) is 4.17. The lowest BCUT2D eigenvalue weighted by Gasteiger charge is -2.34. The fourth-order valence-corrected chi connectivity index (χ4v) is 2.07. The van der Waals surface area contributed by atoms with E-state index in [4.69, 9.17) is 5.11 Å². The van der Waals surface area contributed by atoms with Crippen LogP contribution in [0.1, 0.15) is 46.5 Å². The molecule has 0 saturated heterocycles. The number of carbonyl (C=O) groups is 2. The van der Waals surface area contributed by atoms with Gasteiger partial charge in [0.1, 0.15) is 4.88 Å². The van der Waals surface area contributed by atoms with Crippen molar-refractivity contribution < 1.29 is 14.7 Å². The Kier molecular flexibility index (Phi) is 3.93. The molecule has 17 heavy (non-hydrogen) atoms. The van der Waals surface area contributed by atoms with Gasteiger partial charge in [0, 0.05) is 12.6 Å². The van der Waals surface area contributed by atoms with Gasteiger partial charge < -0.3 is 10.0 Å². The summed E-state index contributed by atoms with van der Waals surface area (Å²) in [5.41, 5.74) is -0.232. The molecule has 0 saturated carbocycles. The van der Waals surface area contributed by atoms with Gasteiger partial charge in [-0.15, -0.1) is 11.3 Å². The lowest BCUT2D eigenvalue weighted by Crippen LogP contribution is -2.44. The highest BCUT2D eigenvalue weighted by molar-refractivity contribution is 7.15. The molecule has 0 aromatic carbocycles. The van der Waals surface area contributed by atoms with E-state index in [1.54, 1.807) is 18.0 Å². The van der Waals surface area contributed by atoms with Crippen LogP contribution in [0.15, 0.2) is 12.1 Å². The number of carboxylic acids is 1. The van der Waals surface area contributed by atoms with Gasteiger partial charge in [0.25, 0.3) is 5.91 Å². The largest absolute Gasteiger partial charge is 0.477 e. The summed E-state index contributed by atoms with van der Waals surface area (Å²) in [7, 11) is 1.74. The first-order chi connectivity index (χ1) is 7.79. The van der Waals surface area contributed by atoms with Crippen LogP contribution in [0.5, 0.6) is 0 Å². The second-order valence-electron chi connectivity index (χ2n) is 4.50. The smallest absolute Gasteiger partial charge is 0.345 e. The number of carboxylic acid groups (broad SMARTS) is 1. The molecule has 1 amide bonds. The number of rotatable bonds is 4. The number of carbonyl (C=O) groups excluding carboxylic acids is 1. The second kappa shape index (κ2) is 4.87. The van der Waals surface area contributed by atoms with Crippen molar-refractivity contribution in [3.05, 3.63) is 21.9 Å². The summed E-state index contributed by atoms with van der Waals surface area (Å²) in [6.45, 7) is 5.98. The summed E-state index contributed by atoms with van der Waals surface area (Å²) >= 11 is 1.01. The van der Waals surface area contributed by atoms with Crippen molar-refractivity contribution in [2.45, 2.75) is 32.7 Å². The van der Waals surface area contributed by atoms with Crippen LogP contribution in [0.3, 0.4) is 0 Å². The maximum Gasteiger partial charge on any atom is 0.345 e. The molecule has 0 aliphatic rings. The molecule has 1 aromatic rings. The van der Waals surface area contributed by atoms with Crippen molar-refractivity contribution >= 4 is 23.2 Å². The summed E-state index contributed by atoms with van der Waals surface area (Å²) < 4.78 is 0. The summed E-state index contributed by atoms with van der Waals surface area (Å²) in [5, 5.41) is 8.81. The molecule has 0 radical (unpaired) electrons. The second-order valence-corrected chi connectivity index (χ2v) is 5.58. The van der Waals surface area contributed by atoms with E-state index in [0.29, 0.717) is 4.88 Å². The number of aromatic carboxylic acids is 1. The fraction of sp³-hybridized carbons (Fsp3) is 0.500. The van der Waals surface area contributed by atoms with Gasteiger partial charge in [0.05, 0.1) is 4.88 Å².